The molecule has 2 aromatic rings. The van der Waals surface area contributed by atoms with E-state index in [-0.39, 0.29) is 17.9 Å². The van der Waals surface area contributed by atoms with Gasteiger partial charge in [0, 0.05) is 11.9 Å². The summed E-state index contributed by atoms with van der Waals surface area (Å²) in [6.07, 6.45) is 0.862. The zero-order chi connectivity index (χ0) is 11.3. The Balaban J connectivity index is 2.56. The number of aryl methyl sites for hydroxylation is 2. The zero-order valence-electron chi connectivity index (χ0n) is 8.73. The molecular weight excluding hydrogens is 204 g/mol. The van der Waals surface area contributed by atoms with E-state index in [2.05, 4.69) is 0 Å². The molecule has 82 valence electrons. The lowest BCUT2D eigenvalue weighted by molar-refractivity contribution is 0.283. The molecule has 1 aliphatic rings. The summed E-state index contributed by atoms with van der Waals surface area (Å²) in [7, 11) is 0. The van der Waals surface area contributed by atoms with Gasteiger partial charge in [-0.1, -0.05) is 12.1 Å². The Morgan fingerprint density at radius 3 is 3.00 bits per heavy atom. The number of nitrogens with zero attached hydrogens (tertiary/aromatic N) is 1. The molecule has 0 unspecified atom stereocenters. The molecule has 0 atom stereocenters. The smallest absolute Gasteiger partial charge is 0.274 e. The molecule has 0 fully saturated rings. The molecule has 0 saturated carbocycles. The van der Waals surface area contributed by atoms with Gasteiger partial charge in [-0.15, -0.1) is 0 Å². The van der Waals surface area contributed by atoms with Crippen LogP contribution in [-0.4, -0.2) is 9.67 Å². The predicted molar refractivity (Wildman–Crippen MR) is 62.2 cm³/mol. The number of rotatable bonds is 1. The van der Waals surface area contributed by atoms with Gasteiger partial charge in [-0.3, -0.25) is 4.79 Å². The minimum atomic E-state index is -0.124. The molecule has 0 spiro atoms. The van der Waals surface area contributed by atoms with Crippen molar-refractivity contribution in [2.45, 2.75) is 19.6 Å². The summed E-state index contributed by atoms with van der Waals surface area (Å²) in [4.78, 5) is 11.8. The first-order chi connectivity index (χ1) is 7.72. The van der Waals surface area contributed by atoms with E-state index < -0.39 is 0 Å². The van der Waals surface area contributed by atoms with Crippen molar-refractivity contribution in [3.05, 3.63) is 39.7 Å². The molecule has 4 nitrogen and oxygen atoms in total. The van der Waals surface area contributed by atoms with E-state index >= 15 is 0 Å². The van der Waals surface area contributed by atoms with Crippen LogP contribution in [0.5, 0.6) is 0 Å². The Hall–Kier alpha value is -1.81. The predicted octanol–water partition coefficient (Wildman–Crippen LogP) is 0.632. The highest BCUT2D eigenvalue weighted by atomic mass is 16.3. The van der Waals surface area contributed by atoms with Crippen molar-refractivity contribution < 1.29 is 5.11 Å². The maximum Gasteiger partial charge on any atom is 0.274 e. The highest BCUT2D eigenvalue weighted by Gasteiger charge is 2.18. The number of pyridine rings is 1. The first kappa shape index (κ1) is 9.42. The van der Waals surface area contributed by atoms with E-state index in [1.54, 1.807) is 10.6 Å². The van der Waals surface area contributed by atoms with Gasteiger partial charge in [-0.2, -0.15) is 0 Å². The van der Waals surface area contributed by atoms with Gasteiger partial charge in [0.2, 0.25) is 0 Å². The van der Waals surface area contributed by atoms with Gasteiger partial charge >= 0.3 is 0 Å². The summed E-state index contributed by atoms with van der Waals surface area (Å²) >= 11 is 0. The first-order valence-electron chi connectivity index (χ1n) is 5.27. The average molecular weight is 216 g/mol. The number of aliphatic hydroxyl groups is 1. The third-order valence-corrected chi connectivity index (χ3v) is 3.23. The number of hydrogen-bond acceptors (Lipinski definition) is 3. The van der Waals surface area contributed by atoms with Gasteiger partial charge in [0.15, 0.2) is 0 Å². The van der Waals surface area contributed by atoms with E-state index in [4.69, 9.17) is 5.73 Å². The molecule has 16 heavy (non-hydrogen) atoms. The molecule has 0 amide bonds. The Morgan fingerprint density at radius 2 is 2.25 bits per heavy atom. The standard InChI is InChI=1S/C12H12N2O2/c13-10-5-9-8(6-15)2-1-7-3-4-14(11(7)9)12(10)16/h1-2,5,15H,3-4,6,13H2. The van der Waals surface area contributed by atoms with Crippen LogP contribution in [0.2, 0.25) is 0 Å². The van der Waals surface area contributed by atoms with Crippen LogP contribution in [0, 0.1) is 0 Å². The molecule has 3 N–H and O–H groups in total. The monoisotopic (exact) mass is 216 g/mol. The van der Waals surface area contributed by atoms with E-state index in [1.165, 1.54) is 0 Å². The van der Waals surface area contributed by atoms with Gasteiger partial charge in [0.25, 0.3) is 5.56 Å². The van der Waals surface area contributed by atoms with Crippen molar-refractivity contribution in [3.8, 4) is 0 Å². The first-order valence-corrected chi connectivity index (χ1v) is 5.27. The second-order valence-corrected chi connectivity index (χ2v) is 4.11. The lowest BCUT2D eigenvalue weighted by Gasteiger charge is -2.08. The van der Waals surface area contributed by atoms with Gasteiger partial charge in [0.1, 0.15) is 0 Å². The number of anilines is 1. The number of benzene rings is 1. The van der Waals surface area contributed by atoms with Crippen LogP contribution in [0.4, 0.5) is 5.69 Å². The number of aliphatic hydroxyl groups excluding tert-OH is 1. The van der Waals surface area contributed by atoms with Crippen molar-refractivity contribution in [1.82, 2.24) is 4.57 Å². The van der Waals surface area contributed by atoms with Crippen LogP contribution in [0.15, 0.2) is 23.0 Å². The van der Waals surface area contributed by atoms with Crippen molar-refractivity contribution in [2.75, 3.05) is 5.73 Å². The number of hydrogen-bond donors (Lipinski definition) is 2. The minimum absolute atomic E-state index is 0.0333. The van der Waals surface area contributed by atoms with Crippen molar-refractivity contribution in [3.63, 3.8) is 0 Å². The zero-order valence-corrected chi connectivity index (χ0v) is 8.73. The molecule has 1 aromatic carbocycles. The molecule has 1 aliphatic heterocycles. The summed E-state index contributed by atoms with van der Waals surface area (Å²) in [6.45, 7) is 0.652. The second-order valence-electron chi connectivity index (χ2n) is 4.11. The van der Waals surface area contributed by atoms with Crippen LogP contribution in [-0.2, 0) is 19.6 Å². The quantitative estimate of drug-likeness (QED) is 0.734. The van der Waals surface area contributed by atoms with Gasteiger partial charge in [-0.25, -0.2) is 0 Å². The third kappa shape index (κ3) is 1.05. The fraction of sp³-hybridized carbons (Fsp3) is 0.250. The molecule has 2 heterocycles. The lowest BCUT2D eigenvalue weighted by atomic mass is 10.0. The van der Waals surface area contributed by atoms with Crippen LogP contribution in [0.1, 0.15) is 11.1 Å². The summed E-state index contributed by atoms with van der Waals surface area (Å²) in [5.74, 6) is 0. The normalized spacial score (nSPS) is 13.6. The maximum absolute atomic E-state index is 11.8. The molecular formula is C12H12N2O2. The number of aromatic nitrogens is 1. The topological polar surface area (TPSA) is 68.2 Å². The number of nitrogens with two attached hydrogens (primary N) is 1. The Labute approximate surface area is 91.9 Å². The Morgan fingerprint density at radius 1 is 1.44 bits per heavy atom. The average Bonchev–Trinajstić information content (AvgIpc) is 2.71. The second kappa shape index (κ2) is 3.09. The maximum atomic E-state index is 11.8. The van der Waals surface area contributed by atoms with Gasteiger partial charge in [0.05, 0.1) is 17.8 Å². The summed E-state index contributed by atoms with van der Waals surface area (Å²) in [5.41, 5.74) is 8.73. The minimum Gasteiger partial charge on any atom is -0.394 e. The molecule has 0 saturated heterocycles. The SMILES string of the molecule is Nc1cc2c(CO)ccc3c2n(c1=O)CC3. The largest absolute Gasteiger partial charge is 0.394 e. The van der Waals surface area contributed by atoms with E-state index in [1.807, 2.05) is 12.1 Å². The highest BCUT2D eigenvalue weighted by molar-refractivity contribution is 5.88. The van der Waals surface area contributed by atoms with Crippen molar-refractivity contribution in [1.29, 1.82) is 0 Å². The van der Waals surface area contributed by atoms with Gasteiger partial charge in [-0.05, 0) is 23.6 Å². The third-order valence-electron chi connectivity index (χ3n) is 3.23. The fourth-order valence-electron chi connectivity index (χ4n) is 2.43. The fourth-order valence-corrected chi connectivity index (χ4v) is 2.43. The molecule has 0 aliphatic carbocycles. The van der Waals surface area contributed by atoms with Crippen molar-refractivity contribution >= 4 is 16.6 Å². The van der Waals surface area contributed by atoms with E-state index in [9.17, 15) is 9.90 Å². The molecule has 0 bridgehead atoms. The highest BCUT2D eigenvalue weighted by Crippen LogP contribution is 2.28. The molecule has 3 rings (SSSR count). The van der Waals surface area contributed by atoms with Crippen LogP contribution in [0.25, 0.3) is 10.9 Å². The Kier molecular flexibility index (Phi) is 1.82. The summed E-state index contributed by atoms with van der Waals surface area (Å²) in [5, 5.41) is 10.2. The summed E-state index contributed by atoms with van der Waals surface area (Å²) in [6, 6.07) is 5.55. The Bertz CT molecular complexity index is 643. The lowest BCUT2D eigenvalue weighted by Crippen LogP contribution is -2.21. The van der Waals surface area contributed by atoms with Gasteiger partial charge < -0.3 is 15.4 Å². The molecule has 0 radical (unpaired) electrons. The number of nitrogen functional groups attached to an aromatic ring is 1. The molecule has 1 aromatic heterocycles. The van der Waals surface area contributed by atoms with Crippen LogP contribution in [0.3, 0.4) is 0 Å². The molecule has 4 heteroatoms. The van der Waals surface area contributed by atoms with Crippen LogP contribution < -0.4 is 11.3 Å². The van der Waals surface area contributed by atoms with E-state index in [0.717, 1.165) is 28.5 Å². The van der Waals surface area contributed by atoms with Crippen molar-refractivity contribution in [2.24, 2.45) is 0 Å². The van der Waals surface area contributed by atoms with Crippen LogP contribution >= 0.6 is 0 Å². The summed E-state index contributed by atoms with van der Waals surface area (Å²) < 4.78 is 1.71. The van der Waals surface area contributed by atoms with E-state index in [0.29, 0.717) is 6.54 Å².